The van der Waals surface area contributed by atoms with Gasteiger partial charge in [-0.15, -0.1) is 0 Å². The second-order valence-electron chi connectivity index (χ2n) is 5.02. The van der Waals surface area contributed by atoms with E-state index in [1.807, 2.05) is 12.1 Å². The Hall–Kier alpha value is -0.840. The van der Waals surface area contributed by atoms with E-state index >= 15 is 0 Å². The predicted molar refractivity (Wildman–Crippen MR) is 66.6 cm³/mol. The quantitative estimate of drug-likeness (QED) is 0.858. The number of aliphatic hydroxyl groups is 1. The molecule has 0 radical (unpaired) electrons. The van der Waals surface area contributed by atoms with Gasteiger partial charge in [0.2, 0.25) is 0 Å². The molecule has 1 aromatic heterocycles. The highest BCUT2D eigenvalue weighted by atomic mass is 16.4. The lowest BCUT2D eigenvalue weighted by atomic mass is 10.0. The van der Waals surface area contributed by atoms with Crippen LogP contribution in [0.1, 0.15) is 24.4 Å². The summed E-state index contributed by atoms with van der Waals surface area (Å²) >= 11 is 0. The molecule has 4 nitrogen and oxygen atoms in total. The van der Waals surface area contributed by atoms with Crippen molar-refractivity contribution in [3.05, 3.63) is 23.7 Å². The first-order valence-corrected chi connectivity index (χ1v) is 6.26. The Kier molecular flexibility index (Phi) is 4.20. The molecule has 0 aromatic carbocycles. The van der Waals surface area contributed by atoms with Crippen LogP contribution >= 0.6 is 0 Å². The molecule has 0 spiro atoms. The Morgan fingerprint density at radius 3 is 2.82 bits per heavy atom. The number of hydrogen-bond acceptors (Lipinski definition) is 4. The van der Waals surface area contributed by atoms with E-state index in [1.165, 1.54) is 12.8 Å². The molecule has 96 valence electrons. The van der Waals surface area contributed by atoms with Gasteiger partial charge in [0.1, 0.15) is 18.1 Å². The van der Waals surface area contributed by atoms with Crippen LogP contribution in [0.4, 0.5) is 0 Å². The maximum absolute atomic E-state index is 8.96. The summed E-state index contributed by atoms with van der Waals surface area (Å²) in [6, 6.07) is 4.46. The van der Waals surface area contributed by atoms with Gasteiger partial charge in [-0.3, -0.25) is 4.90 Å². The normalized spacial score (nSPS) is 22.2. The average molecular weight is 238 g/mol. The smallest absolute Gasteiger partial charge is 0.129 e. The molecule has 1 saturated heterocycles. The van der Waals surface area contributed by atoms with E-state index in [2.05, 4.69) is 23.9 Å². The molecule has 1 fully saturated rings. The number of likely N-dealkylation sites (N-methyl/N-ethyl adjacent to an activating group) is 1. The first-order valence-electron chi connectivity index (χ1n) is 6.26. The predicted octanol–water partition coefficient (Wildman–Crippen LogP) is 1.30. The summed E-state index contributed by atoms with van der Waals surface area (Å²) in [5.41, 5.74) is 0. The average Bonchev–Trinajstić information content (AvgIpc) is 2.77. The van der Waals surface area contributed by atoms with E-state index in [0.717, 1.165) is 25.4 Å². The topological polar surface area (TPSA) is 39.9 Å². The Labute approximate surface area is 103 Å². The van der Waals surface area contributed by atoms with E-state index in [4.69, 9.17) is 9.52 Å². The molecule has 1 aliphatic rings. The van der Waals surface area contributed by atoms with Gasteiger partial charge >= 0.3 is 0 Å². The summed E-state index contributed by atoms with van der Waals surface area (Å²) in [6.45, 7) is 3.08. The zero-order valence-electron chi connectivity index (χ0n) is 10.7. The zero-order chi connectivity index (χ0) is 12.3. The van der Waals surface area contributed by atoms with Gasteiger partial charge in [-0.25, -0.2) is 0 Å². The fourth-order valence-corrected chi connectivity index (χ4v) is 2.41. The molecule has 2 heterocycles. The standard InChI is InChI=1S/C13H22N2O2/c1-14(2)11-4-3-7-15(8-11)9-12-5-6-13(10-16)17-12/h5-6,11,16H,3-4,7-10H2,1-2H3. The number of piperidine rings is 1. The number of hydrogen-bond donors (Lipinski definition) is 1. The van der Waals surface area contributed by atoms with Crippen molar-refractivity contribution in [3.63, 3.8) is 0 Å². The van der Waals surface area contributed by atoms with Gasteiger partial charge < -0.3 is 14.4 Å². The minimum atomic E-state index is -0.0136. The summed E-state index contributed by atoms with van der Waals surface area (Å²) < 4.78 is 5.53. The van der Waals surface area contributed by atoms with Crippen LogP contribution in [0.15, 0.2) is 16.5 Å². The van der Waals surface area contributed by atoms with Gasteiger partial charge in [0.15, 0.2) is 0 Å². The van der Waals surface area contributed by atoms with E-state index in [-0.39, 0.29) is 6.61 Å². The Morgan fingerprint density at radius 2 is 2.18 bits per heavy atom. The number of likely N-dealkylation sites (tertiary alicyclic amines) is 1. The van der Waals surface area contributed by atoms with Crippen molar-refractivity contribution < 1.29 is 9.52 Å². The summed E-state index contributed by atoms with van der Waals surface area (Å²) in [6.07, 6.45) is 2.53. The monoisotopic (exact) mass is 238 g/mol. The molecule has 1 N–H and O–H groups in total. The third-order valence-corrected chi connectivity index (χ3v) is 3.46. The van der Waals surface area contributed by atoms with E-state index in [9.17, 15) is 0 Å². The van der Waals surface area contributed by atoms with Crippen molar-refractivity contribution in [1.82, 2.24) is 9.80 Å². The Balaban J connectivity index is 1.90. The molecule has 4 heteroatoms. The second kappa shape index (κ2) is 5.67. The van der Waals surface area contributed by atoms with E-state index in [1.54, 1.807) is 0 Å². The fourth-order valence-electron chi connectivity index (χ4n) is 2.41. The number of nitrogens with zero attached hydrogens (tertiary/aromatic N) is 2. The lowest BCUT2D eigenvalue weighted by molar-refractivity contribution is 0.120. The molecule has 1 aromatic rings. The van der Waals surface area contributed by atoms with Crippen LogP contribution in [0, 0.1) is 0 Å². The molecule has 17 heavy (non-hydrogen) atoms. The molecule has 2 rings (SSSR count). The molecular weight excluding hydrogens is 216 g/mol. The molecule has 0 aliphatic carbocycles. The SMILES string of the molecule is CN(C)C1CCCN(Cc2ccc(CO)o2)C1. The Morgan fingerprint density at radius 1 is 1.41 bits per heavy atom. The third kappa shape index (κ3) is 3.31. The molecular formula is C13H22N2O2. The van der Waals surface area contributed by atoms with Crippen LogP contribution in [0.3, 0.4) is 0 Å². The van der Waals surface area contributed by atoms with Gasteiger partial charge in [-0.05, 0) is 45.6 Å². The van der Waals surface area contributed by atoms with Crippen LogP contribution in [0.25, 0.3) is 0 Å². The lowest BCUT2D eigenvalue weighted by Gasteiger charge is -2.35. The van der Waals surface area contributed by atoms with Gasteiger partial charge in [0.05, 0.1) is 6.54 Å². The third-order valence-electron chi connectivity index (χ3n) is 3.46. The maximum atomic E-state index is 8.96. The van der Waals surface area contributed by atoms with Crippen molar-refractivity contribution in [2.45, 2.75) is 32.0 Å². The Bertz CT molecular complexity index is 349. The van der Waals surface area contributed by atoms with Gasteiger partial charge in [0, 0.05) is 12.6 Å². The summed E-state index contributed by atoms with van der Waals surface area (Å²) in [5.74, 6) is 1.61. The van der Waals surface area contributed by atoms with Crippen LogP contribution in [0.2, 0.25) is 0 Å². The minimum absolute atomic E-state index is 0.0136. The van der Waals surface area contributed by atoms with Crippen molar-refractivity contribution in [2.75, 3.05) is 27.2 Å². The highest BCUT2D eigenvalue weighted by Gasteiger charge is 2.21. The molecule has 1 aliphatic heterocycles. The largest absolute Gasteiger partial charge is 0.462 e. The highest BCUT2D eigenvalue weighted by molar-refractivity contribution is 5.06. The van der Waals surface area contributed by atoms with E-state index < -0.39 is 0 Å². The lowest BCUT2D eigenvalue weighted by Crippen LogP contribution is -2.44. The molecule has 1 unspecified atom stereocenters. The number of rotatable bonds is 4. The fraction of sp³-hybridized carbons (Fsp3) is 0.692. The summed E-state index contributed by atoms with van der Waals surface area (Å²) in [4.78, 5) is 4.72. The molecule has 0 saturated carbocycles. The molecule has 1 atom stereocenters. The minimum Gasteiger partial charge on any atom is -0.462 e. The second-order valence-corrected chi connectivity index (χ2v) is 5.02. The van der Waals surface area contributed by atoms with Crippen molar-refractivity contribution in [3.8, 4) is 0 Å². The summed E-state index contributed by atoms with van der Waals surface area (Å²) in [7, 11) is 4.29. The van der Waals surface area contributed by atoms with Gasteiger partial charge in [-0.2, -0.15) is 0 Å². The van der Waals surface area contributed by atoms with E-state index in [0.29, 0.717) is 11.8 Å². The first kappa shape index (κ1) is 12.6. The maximum Gasteiger partial charge on any atom is 0.129 e. The van der Waals surface area contributed by atoms with Crippen LogP contribution < -0.4 is 0 Å². The van der Waals surface area contributed by atoms with Crippen LogP contribution in [-0.4, -0.2) is 48.1 Å². The van der Waals surface area contributed by atoms with Crippen LogP contribution in [-0.2, 0) is 13.2 Å². The number of aliphatic hydroxyl groups excluding tert-OH is 1. The van der Waals surface area contributed by atoms with Gasteiger partial charge in [-0.1, -0.05) is 0 Å². The molecule has 0 amide bonds. The van der Waals surface area contributed by atoms with Crippen molar-refractivity contribution >= 4 is 0 Å². The molecule has 0 bridgehead atoms. The first-order chi connectivity index (χ1) is 8.19. The van der Waals surface area contributed by atoms with Gasteiger partial charge in [0.25, 0.3) is 0 Å². The van der Waals surface area contributed by atoms with Crippen molar-refractivity contribution in [1.29, 1.82) is 0 Å². The highest BCUT2D eigenvalue weighted by Crippen LogP contribution is 2.17. The van der Waals surface area contributed by atoms with Crippen molar-refractivity contribution in [2.24, 2.45) is 0 Å². The summed E-state index contributed by atoms with van der Waals surface area (Å²) in [5, 5.41) is 8.96. The van der Waals surface area contributed by atoms with Crippen LogP contribution in [0.5, 0.6) is 0 Å². The zero-order valence-corrected chi connectivity index (χ0v) is 10.7. The number of furan rings is 1.